The lowest BCUT2D eigenvalue weighted by Gasteiger charge is -2.13. The molecule has 0 bridgehead atoms. The molecule has 0 aliphatic rings. The second-order valence-corrected chi connectivity index (χ2v) is 10.2. The Bertz CT molecular complexity index is 1070. The summed E-state index contributed by atoms with van der Waals surface area (Å²) in [5, 5.41) is 15.1. The van der Waals surface area contributed by atoms with Crippen molar-refractivity contribution in [3.8, 4) is 5.75 Å². The first kappa shape index (κ1) is 29.4. The first-order valence-corrected chi connectivity index (χ1v) is 13.6. The van der Waals surface area contributed by atoms with E-state index in [2.05, 4.69) is 28.4 Å². The molecule has 2 N–H and O–H groups in total. The molecule has 1 amide bonds. The van der Waals surface area contributed by atoms with Crippen LogP contribution >= 0.6 is 11.3 Å². The van der Waals surface area contributed by atoms with E-state index in [1.165, 1.54) is 55.5 Å². The summed E-state index contributed by atoms with van der Waals surface area (Å²) in [4.78, 5) is 37.8. The van der Waals surface area contributed by atoms with E-state index in [1.807, 2.05) is 6.92 Å². The third-order valence-electron chi connectivity index (χ3n) is 6.25. The van der Waals surface area contributed by atoms with Crippen LogP contribution in [0.3, 0.4) is 0 Å². The number of thiophene rings is 1. The van der Waals surface area contributed by atoms with Crippen molar-refractivity contribution in [3.63, 3.8) is 0 Å². The van der Waals surface area contributed by atoms with Gasteiger partial charge in [-0.25, -0.2) is 9.59 Å². The van der Waals surface area contributed by atoms with Gasteiger partial charge in [-0.1, -0.05) is 46.1 Å². The first-order chi connectivity index (χ1) is 17.3. The molecule has 0 aliphatic heterocycles. The highest BCUT2D eigenvalue weighted by molar-refractivity contribution is 7.10. The number of aromatic hydroxyl groups is 1. The van der Waals surface area contributed by atoms with E-state index in [0.29, 0.717) is 25.0 Å². The average Bonchev–Trinajstić information content (AvgIpc) is 3.31. The molecule has 2 rings (SSSR count). The average molecular weight is 518 g/mol. The lowest BCUT2D eigenvalue weighted by molar-refractivity contribution is 0.0916. The van der Waals surface area contributed by atoms with Crippen molar-refractivity contribution in [1.82, 2.24) is 5.32 Å². The van der Waals surface area contributed by atoms with Gasteiger partial charge in [0.25, 0.3) is 0 Å². The van der Waals surface area contributed by atoms with E-state index in [9.17, 15) is 19.5 Å². The number of hydrogen-bond acceptors (Lipinski definition) is 7. The topological polar surface area (TPSA) is 106 Å². The number of amides is 1. The maximum Gasteiger partial charge on any atom is 0.410 e. The summed E-state index contributed by atoms with van der Waals surface area (Å²) in [6.45, 7) is 5.85. The van der Waals surface area contributed by atoms with Crippen molar-refractivity contribution < 1.29 is 23.8 Å². The van der Waals surface area contributed by atoms with Gasteiger partial charge in [0, 0.05) is 29.0 Å². The van der Waals surface area contributed by atoms with Gasteiger partial charge >= 0.3 is 11.7 Å². The molecule has 0 saturated carbocycles. The number of ketones is 1. The van der Waals surface area contributed by atoms with Crippen molar-refractivity contribution in [1.29, 1.82) is 0 Å². The Balaban J connectivity index is 1.91. The molecule has 7 nitrogen and oxygen atoms in total. The number of methoxy groups -OCH3 is 1. The van der Waals surface area contributed by atoms with Gasteiger partial charge in [-0.05, 0) is 55.5 Å². The number of rotatable bonds is 15. The predicted octanol–water partition coefficient (Wildman–Crippen LogP) is 6.73. The van der Waals surface area contributed by atoms with Crippen LogP contribution in [0, 0.1) is 5.92 Å². The highest BCUT2D eigenvalue weighted by atomic mass is 32.1. The number of Topliss-reactive ketones (excluding diaryl/α,β-unsaturated/α-hetero) is 1. The summed E-state index contributed by atoms with van der Waals surface area (Å²) in [5.74, 6) is -0.986. The zero-order chi connectivity index (χ0) is 26.5. The summed E-state index contributed by atoms with van der Waals surface area (Å²) >= 11 is 1.71. The molecule has 2 heterocycles. The number of ether oxygens (including phenoxy) is 1. The monoisotopic (exact) mass is 517 g/mol. The Kier molecular flexibility index (Phi) is 12.5. The van der Waals surface area contributed by atoms with E-state index in [1.54, 1.807) is 24.3 Å². The Morgan fingerprint density at radius 2 is 1.94 bits per heavy atom. The molecule has 0 radical (unpaired) electrons. The number of nitrogens with one attached hydrogen (secondary N) is 1. The lowest BCUT2D eigenvalue weighted by Crippen LogP contribution is -2.21. The number of aryl methyl sites for hydroxylation is 2. The Hall–Kier alpha value is -2.87. The quantitative estimate of drug-likeness (QED) is 0.200. The van der Waals surface area contributed by atoms with Crippen LogP contribution in [0.2, 0.25) is 0 Å². The molecule has 198 valence electrons. The summed E-state index contributed by atoms with van der Waals surface area (Å²) in [5.41, 5.74) is 0.272. The van der Waals surface area contributed by atoms with Crippen LogP contribution in [-0.4, -0.2) is 24.1 Å². The van der Waals surface area contributed by atoms with Gasteiger partial charge in [0.05, 0.1) is 7.11 Å². The van der Waals surface area contributed by atoms with Crippen molar-refractivity contribution in [3.05, 3.63) is 62.0 Å². The lowest BCUT2D eigenvalue weighted by atomic mass is 9.94. The minimum absolute atomic E-state index is 0.164. The highest BCUT2D eigenvalue weighted by Gasteiger charge is 2.25. The minimum Gasteiger partial charge on any atom is -0.507 e. The molecule has 0 spiro atoms. The van der Waals surface area contributed by atoms with Crippen molar-refractivity contribution in [2.45, 2.75) is 84.5 Å². The van der Waals surface area contributed by atoms with E-state index < -0.39 is 23.4 Å². The van der Waals surface area contributed by atoms with Crippen LogP contribution < -0.4 is 10.9 Å². The van der Waals surface area contributed by atoms with Gasteiger partial charge in [0.1, 0.15) is 17.1 Å². The fourth-order valence-electron chi connectivity index (χ4n) is 3.91. The molecule has 2 aromatic rings. The van der Waals surface area contributed by atoms with Gasteiger partial charge in [0.15, 0.2) is 5.78 Å². The second-order valence-electron chi connectivity index (χ2n) is 9.25. The maximum absolute atomic E-state index is 13.0. The normalized spacial score (nSPS) is 13.0. The standard InChI is InChI=1S/C28H39NO6S/c1-5-6-7-8-12-21-16-22(36-18-21)14-13-20(3)26(31)25-23(30)17-24(35-27(25)32)19(2)11-9-10-15-29-28(33)34-4/h10,15-20,30H,5-9,11-14H2,1-4H3,(H,29,33)/b15-10+. The number of alkyl carbamates (subject to hydrolysis) is 1. The molecule has 0 saturated heterocycles. The first-order valence-electron chi connectivity index (χ1n) is 12.7. The molecule has 36 heavy (non-hydrogen) atoms. The Morgan fingerprint density at radius 3 is 2.64 bits per heavy atom. The Labute approximate surface area is 217 Å². The summed E-state index contributed by atoms with van der Waals surface area (Å²) in [6.07, 6.45) is 11.3. The number of carbonyl (C=O) groups excluding carboxylic acids is 2. The largest absolute Gasteiger partial charge is 0.507 e. The zero-order valence-electron chi connectivity index (χ0n) is 21.8. The molecular weight excluding hydrogens is 478 g/mol. The van der Waals surface area contributed by atoms with Crippen LogP contribution in [0.5, 0.6) is 5.75 Å². The van der Waals surface area contributed by atoms with Gasteiger partial charge in [-0.2, -0.15) is 0 Å². The van der Waals surface area contributed by atoms with Gasteiger partial charge < -0.3 is 14.3 Å². The number of unbranched alkanes of at least 4 members (excludes halogenated alkanes) is 3. The zero-order valence-corrected chi connectivity index (χ0v) is 22.6. The maximum atomic E-state index is 13.0. The molecule has 0 fully saturated rings. The van der Waals surface area contributed by atoms with E-state index >= 15 is 0 Å². The van der Waals surface area contributed by atoms with Gasteiger partial charge in [-0.3, -0.25) is 10.1 Å². The van der Waals surface area contributed by atoms with Gasteiger partial charge in [-0.15, -0.1) is 11.3 Å². The third-order valence-corrected chi connectivity index (χ3v) is 7.30. The van der Waals surface area contributed by atoms with Crippen LogP contribution in [0.4, 0.5) is 4.79 Å². The molecule has 0 aliphatic carbocycles. The van der Waals surface area contributed by atoms with Crippen LogP contribution in [0.1, 0.15) is 98.2 Å². The second kappa shape index (κ2) is 15.3. The summed E-state index contributed by atoms with van der Waals surface area (Å²) in [7, 11) is 1.28. The highest BCUT2D eigenvalue weighted by Crippen LogP contribution is 2.27. The third kappa shape index (κ3) is 9.30. The van der Waals surface area contributed by atoms with Crippen molar-refractivity contribution in [2.75, 3.05) is 7.11 Å². The fourth-order valence-corrected chi connectivity index (χ4v) is 4.85. The van der Waals surface area contributed by atoms with Crippen LogP contribution in [0.15, 0.2) is 39.0 Å². The molecule has 2 unspecified atom stereocenters. The number of hydrogen-bond donors (Lipinski definition) is 2. The van der Waals surface area contributed by atoms with Crippen molar-refractivity contribution >= 4 is 23.2 Å². The summed E-state index contributed by atoms with van der Waals surface area (Å²) < 4.78 is 9.88. The van der Waals surface area contributed by atoms with E-state index in [4.69, 9.17) is 4.42 Å². The molecule has 8 heteroatoms. The summed E-state index contributed by atoms with van der Waals surface area (Å²) in [6, 6.07) is 3.59. The fraction of sp³-hybridized carbons (Fsp3) is 0.536. The molecule has 2 aromatic heterocycles. The molecule has 2 atom stereocenters. The SMILES string of the molecule is CCCCCCc1csc(CCC(C)C(=O)c2c(O)cc(C(C)CC/C=C/NC(=O)OC)oc2=O)c1. The van der Waals surface area contributed by atoms with E-state index in [-0.39, 0.29) is 17.2 Å². The van der Waals surface area contributed by atoms with Crippen LogP contribution in [0.25, 0.3) is 0 Å². The minimum atomic E-state index is -0.804. The number of carbonyl (C=O) groups is 2. The Morgan fingerprint density at radius 1 is 1.17 bits per heavy atom. The van der Waals surface area contributed by atoms with Gasteiger partial charge in [0.2, 0.25) is 0 Å². The molecule has 0 aromatic carbocycles. The smallest absolute Gasteiger partial charge is 0.410 e. The van der Waals surface area contributed by atoms with Crippen LogP contribution in [-0.2, 0) is 17.6 Å². The van der Waals surface area contributed by atoms with Crippen molar-refractivity contribution in [2.24, 2.45) is 5.92 Å². The van der Waals surface area contributed by atoms with E-state index in [0.717, 1.165) is 12.8 Å². The predicted molar refractivity (Wildman–Crippen MR) is 143 cm³/mol. The number of allylic oxidation sites excluding steroid dienone is 1. The molecular formula is C28H39NO6S.